The largest absolute Gasteiger partial charge is 0.337 e. The molecule has 0 spiro atoms. The summed E-state index contributed by atoms with van der Waals surface area (Å²) in [7, 11) is -2.47. The topological polar surface area (TPSA) is 110 Å². The molecule has 0 aliphatic heterocycles. The molecule has 12 heteroatoms. The molecule has 0 atom stereocenters. The van der Waals surface area contributed by atoms with Gasteiger partial charge in [-0.2, -0.15) is 0 Å². The van der Waals surface area contributed by atoms with Gasteiger partial charge in [-0.1, -0.05) is 34.8 Å². The van der Waals surface area contributed by atoms with E-state index in [0.717, 1.165) is 18.9 Å². The maximum atomic E-state index is 12.9. The number of hydrogen-bond acceptors (Lipinski definition) is 5. The van der Waals surface area contributed by atoms with Gasteiger partial charge in [0, 0.05) is 36.8 Å². The highest BCUT2D eigenvalue weighted by molar-refractivity contribution is 7.89. The van der Waals surface area contributed by atoms with E-state index in [1.165, 1.54) is 36.2 Å². The van der Waals surface area contributed by atoms with Crippen molar-refractivity contribution in [2.24, 2.45) is 0 Å². The van der Waals surface area contributed by atoms with Gasteiger partial charge in [-0.3, -0.25) is 14.9 Å². The molecule has 8 nitrogen and oxygen atoms in total. The molecule has 1 N–H and O–H groups in total. The smallest absolute Gasteiger partial charge is 0.269 e. The standard InChI is InChI=1S/C18H16Cl3N3O5S/c1-23(9-10-6-12(24(26)27)4-5-14(10)19)18(25)13-7-17(16(21)8-15(13)20)30(28,29)22-11-2-3-11/h4-8,11,22H,2-3,9H2,1H3. The molecule has 0 radical (unpaired) electrons. The van der Waals surface area contributed by atoms with Crippen LogP contribution in [0.2, 0.25) is 15.1 Å². The van der Waals surface area contributed by atoms with E-state index in [9.17, 15) is 23.3 Å². The second-order valence-corrected chi connectivity index (χ2v) is 9.76. The van der Waals surface area contributed by atoms with E-state index >= 15 is 0 Å². The van der Waals surface area contributed by atoms with Crippen LogP contribution in [-0.4, -0.2) is 37.2 Å². The highest BCUT2D eigenvalue weighted by Gasteiger charge is 2.31. The zero-order valence-corrected chi connectivity index (χ0v) is 18.6. The summed E-state index contributed by atoms with van der Waals surface area (Å²) in [4.78, 5) is 24.3. The van der Waals surface area contributed by atoms with Gasteiger partial charge in [0.1, 0.15) is 4.90 Å². The van der Waals surface area contributed by atoms with Crippen LogP contribution < -0.4 is 4.72 Å². The number of sulfonamides is 1. The number of nitrogens with zero attached hydrogens (tertiary/aromatic N) is 2. The molecule has 0 aromatic heterocycles. The minimum absolute atomic E-state index is 0.0210. The number of carbonyl (C=O) groups is 1. The molecule has 30 heavy (non-hydrogen) atoms. The Balaban J connectivity index is 1.90. The number of nitro benzene ring substituents is 1. The third-order valence-electron chi connectivity index (χ3n) is 4.43. The number of amides is 1. The van der Waals surface area contributed by atoms with Crippen molar-refractivity contribution < 1.29 is 18.1 Å². The SMILES string of the molecule is CN(Cc1cc([N+](=O)[O-])ccc1Cl)C(=O)c1cc(S(=O)(=O)NC2CC2)c(Cl)cc1Cl. The molecule has 1 amide bonds. The number of nitrogens with one attached hydrogen (secondary N) is 1. The van der Waals surface area contributed by atoms with Crippen molar-refractivity contribution in [1.29, 1.82) is 0 Å². The van der Waals surface area contributed by atoms with E-state index in [-0.39, 0.29) is 43.8 Å². The van der Waals surface area contributed by atoms with E-state index < -0.39 is 20.9 Å². The summed E-state index contributed by atoms with van der Waals surface area (Å²) in [6.45, 7) is -0.0549. The normalized spacial score (nSPS) is 13.9. The fourth-order valence-corrected chi connectivity index (χ4v) is 5.05. The number of carbonyl (C=O) groups excluding carboxylic acids is 1. The van der Waals surface area contributed by atoms with Gasteiger partial charge in [0.15, 0.2) is 0 Å². The zero-order valence-electron chi connectivity index (χ0n) is 15.6. The van der Waals surface area contributed by atoms with E-state index in [1.807, 2.05) is 0 Å². The molecule has 3 rings (SSSR count). The molecule has 0 heterocycles. The van der Waals surface area contributed by atoms with E-state index in [1.54, 1.807) is 0 Å². The first-order valence-corrected chi connectivity index (χ1v) is 11.3. The lowest BCUT2D eigenvalue weighted by molar-refractivity contribution is -0.384. The molecule has 160 valence electrons. The first-order valence-electron chi connectivity index (χ1n) is 8.69. The number of nitro groups is 1. The average molecular weight is 493 g/mol. The van der Waals surface area contributed by atoms with Crippen molar-refractivity contribution in [2.45, 2.75) is 30.3 Å². The molecular formula is C18H16Cl3N3O5S. The molecule has 1 saturated carbocycles. The zero-order chi connectivity index (χ0) is 22.2. The molecule has 1 fully saturated rings. The van der Waals surface area contributed by atoms with Crippen LogP contribution in [0.25, 0.3) is 0 Å². The number of non-ortho nitro benzene ring substituents is 1. The fourth-order valence-electron chi connectivity index (χ4n) is 2.71. The van der Waals surface area contributed by atoms with Crippen LogP contribution >= 0.6 is 34.8 Å². The number of hydrogen-bond donors (Lipinski definition) is 1. The van der Waals surface area contributed by atoms with Crippen LogP contribution in [0.3, 0.4) is 0 Å². The first-order chi connectivity index (χ1) is 14.0. The summed E-state index contributed by atoms with van der Waals surface area (Å²) in [5.41, 5.74) is 0.121. The van der Waals surface area contributed by atoms with E-state index in [2.05, 4.69) is 4.72 Å². The molecule has 2 aromatic carbocycles. The molecule has 2 aromatic rings. The minimum Gasteiger partial charge on any atom is -0.337 e. The Morgan fingerprint density at radius 2 is 1.83 bits per heavy atom. The third-order valence-corrected chi connectivity index (χ3v) is 7.10. The van der Waals surface area contributed by atoms with E-state index in [0.29, 0.717) is 5.56 Å². The Hall–Kier alpha value is -1.91. The molecule has 0 saturated heterocycles. The van der Waals surface area contributed by atoms with Crippen LogP contribution in [0.15, 0.2) is 35.2 Å². The summed E-state index contributed by atoms with van der Waals surface area (Å²) in [5, 5.41) is 11.1. The highest BCUT2D eigenvalue weighted by atomic mass is 35.5. The summed E-state index contributed by atoms with van der Waals surface area (Å²) in [5.74, 6) is -0.595. The first kappa shape index (κ1) is 22.8. The van der Waals surface area contributed by atoms with Gasteiger partial charge in [-0.15, -0.1) is 0 Å². The lowest BCUT2D eigenvalue weighted by atomic mass is 10.1. The lowest BCUT2D eigenvalue weighted by Crippen LogP contribution is -2.28. The molecular weight excluding hydrogens is 477 g/mol. The minimum atomic E-state index is -3.91. The Morgan fingerprint density at radius 3 is 2.43 bits per heavy atom. The summed E-state index contributed by atoms with van der Waals surface area (Å²) in [6.07, 6.45) is 1.48. The van der Waals surface area contributed by atoms with Crippen molar-refractivity contribution in [2.75, 3.05) is 7.05 Å². The maximum Gasteiger partial charge on any atom is 0.269 e. The summed E-state index contributed by atoms with van der Waals surface area (Å²) >= 11 is 18.3. The maximum absolute atomic E-state index is 12.9. The highest BCUT2D eigenvalue weighted by Crippen LogP contribution is 2.32. The van der Waals surface area contributed by atoms with Gasteiger partial charge < -0.3 is 4.90 Å². The Kier molecular flexibility index (Phi) is 6.59. The van der Waals surface area contributed by atoms with Gasteiger partial charge in [-0.05, 0) is 36.6 Å². The molecule has 1 aliphatic rings. The number of benzene rings is 2. The Labute approximate surface area is 187 Å². The van der Waals surface area contributed by atoms with Crippen LogP contribution in [-0.2, 0) is 16.6 Å². The van der Waals surface area contributed by atoms with Crippen molar-refractivity contribution in [3.63, 3.8) is 0 Å². The lowest BCUT2D eigenvalue weighted by Gasteiger charge is -2.19. The summed E-state index contributed by atoms with van der Waals surface area (Å²) in [6, 6.07) is 6.09. The Morgan fingerprint density at radius 1 is 1.17 bits per heavy atom. The second-order valence-electron chi connectivity index (χ2n) is 6.85. The second kappa shape index (κ2) is 8.68. The van der Waals surface area contributed by atoms with Gasteiger partial charge in [0.25, 0.3) is 11.6 Å². The van der Waals surface area contributed by atoms with Crippen molar-refractivity contribution in [3.8, 4) is 0 Å². The number of rotatable bonds is 7. The van der Waals surface area contributed by atoms with E-state index in [4.69, 9.17) is 34.8 Å². The predicted octanol–water partition coefficient (Wildman–Crippen LogP) is 4.27. The van der Waals surface area contributed by atoms with Gasteiger partial charge >= 0.3 is 0 Å². The fraction of sp³-hybridized carbons (Fsp3) is 0.278. The molecule has 1 aliphatic carbocycles. The van der Waals surface area contributed by atoms with Crippen LogP contribution in [0.4, 0.5) is 5.69 Å². The molecule has 0 unspecified atom stereocenters. The van der Waals surface area contributed by atoms with Crippen molar-refractivity contribution >= 4 is 56.4 Å². The van der Waals surface area contributed by atoms with Crippen LogP contribution in [0, 0.1) is 10.1 Å². The Bertz CT molecular complexity index is 1140. The third kappa shape index (κ3) is 5.04. The predicted molar refractivity (Wildman–Crippen MR) is 114 cm³/mol. The molecule has 0 bridgehead atoms. The van der Waals surface area contributed by atoms with Gasteiger partial charge in [0.2, 0.25) is 10.0 Å². The van der Waals surface area contributed by atoms with Crippen LogP contribution in [0.5, 0.6) is 0 Å². The number of halogens is 3. The van der Waals surface area contributed by atoms with Gasteiger partial charge in [0.05, 0.1) is 20.5 Å². The van der Waals surface area contributed by atoms with Crippen LogP contribution in [0.1, 0.15) is 28.8 Å². The monoisotopic (exact) mass is 491 g/mol. The quantitative estimate of drug-likeness (QED) is 0.458. The average Bonchev–Trinajstić information content (AvgIpc) is 3.45. The van der Waals surface area contributed by atoms with Gasteiger partial charge in [-0.25, -0.2) is 13.1 Å². The summed E-state index contributed by atoms with van der Waals surface area (Å²) < 4.78 is 27.6. The van der Waals surface area contributed by atoms with Crippen molar-refractivity contribution in [3.05, 3.63) is 66.6 Å². The van der Waals surface area contributed by atoms with Crippen molar-refractivity contribution in [1.82, 2.24) is 9.62 Å².